The summed E-state index contributed by atoms with van der Waals surface area (Å²) in [7, 11) is 1.14. The van der Waals surface area contributed by atoms with Crippen molar-refractivity contribution >= 4 is 5.97 Å². The summed E-state index contributed by atoms with van der Waals surface area (Å²) in [4.78, 5) is 22.5. The molecule has 8 heteroatoms. The van der Waals surface area contributed by atoms with Gasteiger partial charge in [-0.2, -0.15) is 8.78 Å². The highest BCUT2D eigenvalue weighted by molar-refractivity contribution is 5.86. The molecule has 0 N–H and O–H groups in total. The SMILES string of the molecule is COC(=O)c1cnc(C(C)(F)F)c(Oc2ccccn2)n1. The number of rotatable bonds is 4. The summed E-state index contributed by atoms with van der Waals surface area (Å²) in [5.41, 5.74) is -0.933. The first-order valence-electron chi connectivity index (χ1n) is 5.84. The maximum Gasteiger partial charge on any atom is 0.358 e. The van der Waals surface area contributed by atoms with Crippen LogP contribution in [0.3, 0.4) is 0 Å². The molecule has 0 radical (unpaired) electrons. The third-order valence-electron chi connectivity index (χ3n) is 2.39. The quantitative estimate of drug-likeness (QED) is 0.807. The van der Waals surface area contributed by atoms with Crippen LogP contribution in [-0.2, 0) is 10.7 Å². The highest BCUT2D eigenvalue weighted by atomic mass is 19.3. The van der Waals surface area contributed by atoms with Gasteiger partial charge >= 0.3 is 5.97 Å². The molecule has 2 aromatic heterocycles. The Bertz CT molecular complexity index is 645. The summed E-state index contributed by atoms with van der Waals surface area (Å²) >= 11 is 0. The highest BCUT2D eigenvalue weighted by Gasteiger charge is 2.33. The Morgan fingerprint density at radius 2 is 2.05 bits per heavy atom. The number of pyridine rings is 1. The third kappa shape index (κ3) is 3.47. The fraction of sp³-hybridized carbons (Fsp3) is 0.231. The number of hydrogen-bond donors (Lipinski definition) is 0. The second-order valence-electron chi connectivity index (χ2n) is 4.06. The number of alkyl halides is 2. The number of carbonyl (C=O) groups is 1. The van der Waals surface area contributed by atoms with E-state index in [1.54, 1.807) is 12.1 Å². The van der Waals surface area contributed by atoms with Crippen LogP contribution in [0.25, 0.3) is 0 Å². The summed E-state index contributed by atoms with van der Waals surface area (Å²) in [6.07, 6.45) is 2.33. The lowest BCUT2D eigenvalue weighted by atomic mass is 10.2. The topological polar surface area (TPSA) is 74.2 Å². The Balaban J connectivity index is 2.46. The second kappa shape index (κ2) is 5.78. The van der Waals surface area contributed by atoms with E-state index in [0.717, 1.165) is 13.3 Å². The smallest absolute Gasteiger partial charge is 0.358 e. The predicted molar refractivity (Wildman–Crippen MR) is 67.3 cm³/mol. The molecule has 0 aliphatic carbocycles. The fourth-order valence-electron chi connectivity index (χ4n) is 1.45. The first kappa shape index (κ1) is 14.8. The maximum atomic E-state index is 13.5. The van der Waals surface area contributed by atoms with Gasteiger partial charge in [-0.25, -0.2) is 19.7 Å². The number of methoxy groups -OCH3 is 1. The number of aromatic nitrogens is 3. The van der Waals surface area contributed by atoms with E-state index >= 15 is 0 Å². The lowest BCUT2D eigenvalue weighted by Gasteiger charge is -2.14. The normalized spacial score (nSPS) is 11.0. The van der Waals surface area contributed by atoms with Gasteiger partial charge in [0.25, 0.3) is 5.92 Å². The zero-order chi connectivity index (χ0) is 15.5. The molecule has 0 fully saturated rings. The van der Waals surface area contributed by atoms with Gasteiger partial charge in [-0.1, -0.05) is 6.07 Å². The number of hydrogen-bond acceptors (Lipinski definition) is 6. The van der Waals surface area contributed by atoms with Gasteiger partial charge < -0.3 is 9.47 Å². The van der Waals surface area contributed by atoms with E-state index in [0.29, 0.717) is 6.92 Å². The van der Waals surface area contributed by atoms with Crippen LogP contribution in [0.1, 0.15) is 23.1 Å². The Morgan fingerprint density at radius 1 is 1.29 bits per heavy atom. The van der Waals surface area contributed by atoms with Crippen LogP contribution in [0.5, 0.6) is 11.8 Å². The molecule has 0 spiro atoms. The number of halogens is 2. The Hall–Kier alpha value is -2.64. The Kier molecular flexibility index (Phi) is 4.06. The van der Waals surface area contributed by atoms with Crippen LogP contribution in [0.15, 0.2) is 30.6 Å². The summed E-state index contributed by atoms with van der Waals surface area (Å²) < 4.78 is 36.7. The summed E-state index contributed by atoms with van der Waals surface area (Å²) in [6.45, 7) is 0.653. The lowest BCUT2D eigenvalue weighted by Crippen LogP contribution is -2.15. The lowest BCUT2D eigenvalue weighted by molar-refractivity contribution is 0.00972. The van der Waals surface area contributed by atoms with E-state index in [4.69, 9.17) is 4.74 Å². The number of carbonyl (C=O) groups excluding carboxylic acids is 1. The molecule has 0 unspecified atom stereocenters. The first-order chi connectivity index (χ1) is 9.91. The zero-order valence-electron chi connectivity index (χ0n) is 11.2. The van der Waals surface area contributed by atoms with Gasteiger partial charge in [-0.3, -0.25) is 0 Å². The van der Waals surface area contributed by atoms with Crippen molar-refractivity contribution in [2.45, 2.75) is 12.8 Å². The molecule has 2 heterocycles. The van der Waals surface area contributed by atoms with Crippen molar-refractivity contribution in [1.82, 2.24) is 15.0 Å². The first-order valence-corrected chi connectivity index (χ1v) is 5.84. The predicted octanol–water partition coefficient (Wildman–Crippen LogP) is 2.56. The van der Waals surface area contributed by atoms with Gasteiger partial charge in [0.05, 0.1) is 13.3 Å². The van der Waals surface area contributed by atoms with E-state index in [1.807, 2.05) is 0 Å². The highest BCUT2D eigenvalue weighted by Crippen LogP contribution is 2.33. The average molecular weight is 295 g/mol. The standard InChI is InChI=1S/C13H11F2N3O3/c1-13(14,15)10-11(21-9-5-3-4-6-16-9)18-8(7-17-10)12(19)20-2/h3-7H,1-2H3. The van der Waals surface area contributed by atoms with Gasteiger partial charge in [0.2, 0.25) is 11.8 Å². The number of nitrogens with zero attached hydrogens (tertiary/aromatic N) is 3. The Morgan fingerprint density at radius 3 is 2.62 bits per heavy atom. The molecule has 0 saturated carbocycles. The van der Waals surface area contributed by atoms with Crippen molar-refractivity contribution in [2.24, 2.45) is 0 Å². The largest absolute Gasteiger partial charge is 0.464 e. The molecule has 110 valence electrons. The molecular weight excluding hydrogens is 284 g/mol. The molecule has 0 amide bonds. The van der Waals surface area contributed by atoms with Crippen molar-refractivity contribution < 1.29 is 23.0 Å². The zero-order valence-corrected chi connectivity index (χ0v) is 11.2. The van der Waals surface area contributed by atoms with Crippen molar-refractivity contribution in [3.8, 4) is 11.8 Å². The molecule has 0 atom stereocenters. The Labute approximate surface area is 118 Å². The van der Waals surface area contributed by atoms with Gasteiger partial charge in [0.15, 0.2) is 11.4 Å². The minimum Gasteiger partial charge on any atom is -0.464 e. The minimum absolute atomic E-state index is 0.0549. The van der Waals surface area contributed by atoms with Crippen LogP contribution in [0.2, 0.25) is 0 Å². The van der Waals surface area contributed by atoms with Gasteiger partial charge in [-0.15, -0.1) is 0 Å². The summed E-state index contributed by atoms with van der Waals surface area (Å²) in [5, 5.41) is 0. The van der Waals surface area contributed by atoms with E-state index in [1.165, 1.54) is 12.3 Å². The summed E-state index contributed by atoms with van der Waals surface area (Å²) in [6, 6.07) is 4.71. The number of ether oxygens (including phenoxy) is 2. The monoisotopic (exact) mass is 295 g/mol. The van der Waals surface area contributed by atoms with Crippen LogP contribution in [0, 0.1) is 0 Å². The average Bonchev–Trinajstić information content (AvgIpc) is 2.46. The van der Waals surface area contributed by atoms with Gasteiger partial charge in [0, 0.05) is 19.2 Å². The maximum absolute atomic E-state index is 13.5. The van der Waals surface area contributed by atoms with E-state index < -0.39 is 23.5 Å². The molecule has 0 aliphatic heterocycles. The fourth-order valence-corrected chi connectivity index (χ4v) is 1.45. The van der Waals surface area contributed by atoms with E-state index in [9.17, 15) is 13.6 Å². The van der Waals surface area contributed by atoms with Crippen LogP contribution < -0.4 is 4.74 Å². The van der Waals surface area contributed by atoms with E-state index in [-0.39, 0.29) is 11.6 Å². The van der Waals surface area contributed by atoms with Crippen molar-refractivity contribution in [1.29, 1.82) is 0 Å². The van der Waals surface area contributed by atoms with Crippen LogP contribution >= 0.6 is 0 Å². The molecule has 2 rings (SSSR count). The molecular formula is C13H11F2N3O3. The number of esters is 1. The minimum atomic E-state index is -3.29. The molecule has 6 nitrogen and oxygen atoms in total. The third-order valence-corrected chi connectivity index (χ3v) is 2.39. The molecule has 0 bridgehead atoms. The molecule has 0 aliphatic rings. The van der Waals surface area contributed by atoms with Crippen molar-refractivity contribution in [3.63, 3.8) is 0 Å². The van der Waals surface area contributed by atoms with Gasteiger partial charge in [-0.05, 0) is 6.07 Å². The van der Waals surface area contributed by atoms with Crippen molar-refractivity contribution in [3.05, 3.63) is 42.0 Å². The molecule has 2 aromatic rings. The van der Waals surface area contributed by atoms with E-state index in [2.05, 4.69) is 19.7 Å². The van der Waals surface area contributed by atoms with Crippen LogP contribution in [-0.4, -0.2) is 28.0 Å². The van der Waals surface area contributed by atoms with Crippen LogP contribution in [0.4, 0.5) is 8.78 Å². The summed E-state index contributed by atoms with van der Waals surface area (Å²) in [5.74, 6) is -4.53. The molecule has 21 heavy (non-hydrogen) atoms. The van der Waals surface area contributed by atoms with Gasteiger partial charge in [0.1, 0.15) is 0 Å². The van der Waals surface area contributed by atoms with Crippen molar-refractivity contribution in [2.75, 3.05) is 7.11 Å². The second-order valence-corrected chi connectivity index (χ2v) is 4.06. The molecule has 0 saturated heterocycles. The molecule has 0 aromatic carbocycles.